The number of azo groups is 1. The van der Waals surface area contributed by atoms with Crippen molar-refractivity contribution in [1.82, 2.24) is 19.9 Å². The number of hydrogen-bond acceptors (Lipinski definition) is 6. The largest absolute Gasteiger partial charge is 0.721 e. The molecule has 0 saturated heterocycles. The van der Waals surface area contributed by atoms with Gasteiger partial charge in [0, 0.05) is 28.3 Å². The van der Waals surface area contributed by atoms with Crippen molar-refractivity contribution in [1.29, 1.82) is 0 Å². The smallest absolute Gasteiger partial charge is 0.454 e. The van der Waals surface area contributed by atoms with Crippen LogP contribution in [0, 0.1) is 5.21 Å². The highest BCUT2D eigenvalue weighted by atomic mass is 16.5. The van der Waals surface area contributed by atoms with Gasteiger partial charge in [-0.3, -0.25) is 0 Å². The molecule has 2 aromatic heterocycles. The Bertz CT molecular complexity index is 1630. The van der Waals surface area contributed by atoms with Crippen LogP contribution in [0.1, 0.15) is 0 Å². The normalized spacial score (nSPS) is 11.3. The van der Waals surface area contributed by atoms with Gasteiger partial charge < -0.3 is 5.21 Å². The first-order valence-electron chi connectivity index (χ1n) is 12.4. The third-order valence-corrected chi connectivity index (χ3v) is 6.06. The first-order valence-corrected chi connectivity index (χ1v) is 12.4. The van der Waals surface area contributed by atoms with Crippen LogP contribution in [-0.4, -0.2) is 24.8 Å². The van der Waals surface area contributed by atoms with Crippen LogP contribution >= 0.6 is 0 Å². The summed E-state index contributed by atoms with van der Waals surface area (Å²) in [4.78, 5) is 18.6. The zero-order valence-electron chi connectivity index (χ0n) is 20.8. The third kappa shape index (κ3) is 5.42. The molecular formula is C32H22N6O. The van der Waals surface area contributed by atoms with Crippen LogP contribution < -0.4 is 0 Å². The quantitative estimate of drug-likeness (QED) is 0.130. The van der Waals surface area contributed by atoms with Gasteiger partial charge in [0.1, 0.15) is 0 Å². The van der Waals surface area contributed by atoms with Crippen LogP contribution in [-0.2, 0) is 0 Å². The summed E-state index contributed by atoms with van der Waals surface area (Å²) in [5.74, 6) is -0.0923. The lowest BCUT2D eigenvalue weighted by Gasteiger charge is -2.09. The highest BCUT2D eigenvalue weighted by Crippen LogP contribution is 2.28. The molecule has 0 radical (unpaired) electrons. The van der Waals surface area contributed by atoms with E-state index in [2.05, 4.69) is 25.1 Å². The molecule has 39 heavy (non-hydrogen) atoms. The van der Waals surface area contributed by atoms with Crippen LogP contribution in [0.4, 0.5) is 11.9 Å². The molecule has 0 atom stereocenters. The summed E-state index contributed by atoms with van der Waals surface area (Å²) < 4.78 is 0. The second-order valence-electron chi connectivity index (χ2n) is 8.71. The van der Waals surface area contributed by atoms with Crippen LogP contribution in [0.5, 0.6) is 0 Å². The van der Waals surface area contributed by atoms with E-state index >= 15 is 0 Å². The highest BCUT2D eigenvalue weighted by Gasteiger charge is 2.18. The molecule has 7 nitrogen and oxygen atoms in total. The van der Waals surface area contributed by atoms with Gasteiger partial charge in [-0.25, -0.2) is 9.97 Å². The van der Waals surface area contributed by atoms with Crippen molar-refractivity contribution in [3.05, 3.63) is 139 Å². The van der Waals surface area contributed by atoms with Crippen LogP contribution in [0.15, 0.2) is 139 Å². The van der Waals surface area contributed by atoms with E-state index in [1.54, 1.807) is 0 Å². The van der Waals surface area contributed by atoms with Crippen molar-refractivity contribution in [2.24, 2.45) is 5.11 Å². The molecule has 0 amide bonds. The maximum atomic E-state index is 13.4. The molecule has 0 fully saturated rings. The summed E-state index contributed by atoms with van der Waals surface area (Å²) >= 11 is 0. The fraction of sp³-hybridized carbons (Fsp3) is 0. The second kappa shape index (κ2) is 10.8. The van der Waals surface area contributed by atoms with Gasteiger partial charge in [-0.2, -0.15) is 0 Å². The minimum Gasteiger partial charge on any atom is -0.721 e. The molecule has 0 aliphatic rings. The first-order chi connectivity index (χ1) is 19.2. The van der Waals surface area contributed by atoms with E-state index in [1.165, 1.54) is 0 Å². The van der Waals surface area contributed by atoms with E-state index in [-0.39, 0.29) is 11.9 Å². The van der Waals surface area contributed by atoms with Gasteiger partial charge in [0.15, 0.2) is 11.4 Å². The van der Waals surface area contributed by atoms with Gasteiger partial charge in [-0.1, -0.05) is 136 Å². The van der Waals surface area contributed by atoms with Crippen LogP contribution in [0.2, 0.25) is 0 Å². The minimum atomic E-state index is -0.106. The monoisotopic (exact) mass is 506 g/mol. The summed E-state index contributed by atoms with van der Waals surface area (Å²) in [5.41, 5.74) is 6.03. The average Bonchev–Trinajstić information content (AvgIpc) is 3.02. The van der Waals surface area contributed by atoms with E-state index < -0.39 is 0 Å². The van der Waals surface area contributed by atoms with E-state index in [9.17, 15) is 5.21 Å². The molecule has 4 aromatic carbocycles. The van der Waals surface area contributed by atoms with E-state index in [1.807, 2.05) is 133 Å². The summed E-state index contributed by atoms with van der Waals surface area (Å²) in [6.07, 6.45) is 0. The Kier molecular flexibility index (Phi) is 6.61. The van der Waals surface area contributed by atoms with Gasteiger partial charge in [-0.05, 0) is 6.07 Å². The molecule has 0 spiro atoms. The first kappa shape index (κ1) is 23.8. The topological polar surface area (TPSA) is 90.0 Å². The molecule has 0 aliphatic heterocycles. The lowest BCUT2D eigenvalue weighted by molar-refractivity contribution is -0.444. The van der Waals surface area contributed by atoms with Gasteiger partial charge in [-0.15, -0.1) is 4.86 Å². The van der Waals surface area contributed by atoms with Crippen molar-refractivity contribution < 1.29 is 4.86 Å². The average molecular weight is 507 g/mol. The fourth-order valence-electron chi connectivity index (χ4n) is 4.15. The Morgan fingerprint density at radius 3 is 1.08 bits per heavy atom. The van der Waals surface area contributed by atoms with Gasteiger partial charge in [0.05, 0.1) is 11.4 Å². The molecule has 6 rings (SSSR count). The lowest BCUT2D eigenvalue weighted by Crippen LogP contribution is -2.02. The Labute approximate surface area is 225 Å². The van der Waals surface area contributed by atoms with E-state index in [0.717, 1.165) is 22.3 Å². The highest BCUT2D eigenvalue weighted by molar-refractivity contribution is 5.70. The number of nitrogens with zero attached hydrogens (tertiary/aromatic N) is 6. The Morgan fingerprint density at radius 2 is 0.744 bits per heavy atom. The number of aromatic nitrogens is 4. The number of rotatable bonds is 6. The van der Waals surface area contributed by atoms with Crippen molar-refractivity contribution in [3.63, 3.8) is 0 Å². The second-order valence-corrected chi connectivity index (χ2v) is 8.71. The molecule has 0 unspecified atom stereocenters. The predicted octanol–water partition coefficient (Wildman–Crippen LogP) is 7.86. The van der Waals surface area contributed by atoms with Crippen LogP contribution in [0.3, 0.4) is 0 Å². The molecule has 2 heterocycles. The zero-order valence-corrected chi connectivity index (χ0v) is 20.8. The van der Waals surface area contributed by atoms with Crippen molar-refractivity contribution in [2.75, 3.05) is 0 Å². The van der Waals surface area contributed by atoms with Gasteiger partial charge in [0.25, 0.3) is 5.95 Å². The van der Waals surface area contributed by atoms with Crippen molar-refractivity contribution in [2.45, 2.75) is 0 Å². The number of hydrogen-bond donors (Lipinski definition) is 0. The standard InChI is InChI=1S/C32H22N6O/c39-38(32-35-29(25-17-9-3-10-18-25)22-30(36-32)26-19-11-4-12-20-26)37-31-33-27(23-13-5-1-6-14-23)21-28(34-31)24-15-7-2-8-16-24/h1-22H. The molecule has 186 valence electrons. The summed E-state index contributed by atoms with van der Waals surface area (Å²) in [5, 5.41) is 17.6. The Morgan fingerprint density at radius 1 is 0.436 bits per heavy atom. The SMILES string of the molecule is [O-][N+](=Nc1nc(-c2ccccc2)cc(-c2ccccc2)n1)c1nc(-c2ccccc2)cc(-c2ccccc2)n1. The summed E-state index contributed by atoms with van der Waals surface area (Å²) in [6, 6.07) is 42.5. The minimum absolute atomic E-state index is 0.0141. The summed E-state index contributed by atoms with van der Waals surface area (Å²) in [6.45, 7) is 0. The van der Waals surface area contributed by atoms with E-state index in [0.29, 0.717) is 27.6 Å². The van der Waals surface area contributed by atoms with Crippen LogP contribution in [0.25, 0.3) is 45.0 Å². The predicted molar refractivity (Wildman–Crippen MR) is 151 cm³/mol. The zero-order chi connectivity index (χ0) is 26.4. The van der Waals surface area contributed by atoms with Gasteiger partial charge in [0.2, 0.25) is 0 Å². The maximum absolute atomic E-state index is 13.4. The van der Waals surface area contributed by atoms with Crippen molar-refractivity contribution >= 4 is 11.9 Å². The fourth-order valence-corrected chi connectivity index (χ4v) is 4.15. The molecular weight excluding hydrogens is 484 g/mol. The van der Waals surface area contributed by atoms with E-state index in [4.69, 9.17) is 0 Å². The molecule has 0 bridgehead atoms. The molecule has 0 aliphatic carbocycles. The van der Waals surface area contributed by atoms with Crippen molar-refractivity contribution in [3.8, 4) is 45.0 Å². The molecule has 7 heteroatoms. The Hall–Kier alpha value is -5.56. The number of benzene rings is 4. The molecule has 6 aromatic rings. The summed E-state index contributed by atoms with van der Waals surface area (Å²) in [7, 11) is 0. The Balaban J connectivity index is 1.48. The molecule has 0 saturated carbocycles. The maximum Gasteiger partial charge on any atom is 0.454 e. The van der Waals surface area contributed by atoms with Gasteiger partial charge >= 0.3 is 5.95 Å². The molecule has 0 N–H and O–H groups in total. The third-order valence-electron chi connectivity index (χ3n) is 6.06. The lowest BCUT2D eigenvalue weighted by atomic mass is 10.1.